The van der Waals surface area contributed by atoms with Crippen molar-refractivity contribution in [2.75, 3.05) is 19.8 Å². The fourth-order valence-corrected chi connectivity index (χ4v) is 13.2. The first-order chi connectivity index (χ1) is 24.7. The highest BCUT2D eigenvalue weighted by Gasteiger charge is 2.69. The molecular formula is C39H64O13. The molecule has 4 aliphatic heterocycles. The van der Waals surface area contributed by atoms with Crippen molar-refractivity contribution in [3.63, 3.8) is 0 Å². The third-order valence-corrected chi connectivity index (χ3v) is 16.2. The molecule has 0 radical (unpaired) electrons. The van der Waals surface area contributed by atoms with E-state index >= 15 is 0 Å². The van der Waals surface area contributed by atoms with Crippen LogP contribution in [0.1, 0.15) is 91.9 Å². The van der Waals surface area contributed by atoms with Crippen molar-refractivity contribution in [1.29, 1.82) is 0 Å². The summed E-state index contributed by atoms with van der Waals surface area (Å²) < 4.78 is 37.0. The van der Waals surface area contributed by atoms with Crippen molar-refractivity contribution in [2.45, 2.75) is 171 Å². The third kappa shape index (κ3) is 5.98. The SMILES string of the molecule is C[C@@H]1CC[C@@]2(OC1)O[C@H]1C[C@H]3[C@@H]4CC[C@H]5C[C@@H](O[C@@H]6O[C@H](CO)[C@H](O[C@@H]7O[C@H](CO)[C@@H](O)[C@H](O)[C@H]7O)[C@H](O)[C@H]6O)CC[C@]5(C)[C@H]4CC[C@]3(C)[C@H]1[C@@H]2C. The van der Waals surface area contributed by atoms with Gasteiger partial charge in [-0.15, -0.1) is 0 Å². The van der Waals surface area contributed by atoms with E-state index in [2.05, 4.69) is 27.7 Å². The van der Waals surface area contributed by atoms with Gasteiger partial charge in [-0.3, -0.25) is 0 Å². The van der Waals surface area contributed by atoms with Crippen molar-refractivity contribution in [3.05, 3.63) is 0 Å². The molecule has 298 valence electrons. The summed E-state index contributed by atoms with van der Waals surface area (Å²) in [6.45, 7) is 9.33. The predicted octanol–water partition coefficient (Wildman–Crippen LogP) is 1.44. The van der Waals surface area contributed by atoms with E-state index in [9.17, 15) is 35.7 Å². The quantitative estimate of drug-likeness (QED) is 0.194. The van der Waals surface area contributed by atoms with Crippen molar-refractivity contribution >= 4 is 0 Å². The number of fused-ring (bicyclic) bond motifs is 7. The second-order valence-corrected chi connectivity index (χ2v) is 18.7. The first-order valence-corrected chi connectivity index (χ1v) is 20.3. The van der Waals surface area contributed by atoms with E-state index in [0.717, 1.165) is 45.1 Å². The van der Waals surface area contributed by atoms with Crippen molar-refractivity contribution in [1.82, 2.24) is 0 Å². The van der Waals surface area contributed by atoms with Crippen LogP contribution >= 0.6 is 0 Å². The minimum atomic E-state index is -1.71. The molecule has 8 rings (SSSR count). The lowest BCUT2D eigenvalue weighted by molar-refractivity contribution is -0.364. The average molecular weight is 741 g/mol. The van der Waals surface area contributed by atoms with Gasteiger partial charge in [0.15, 0.2) is 18.4 Å². The number of hydrogen-bond donors (Lipinski definition) is 7. The zero-order valence-electron chi connectivity index (χ0n) is 31.2. The summed E-state index contributed by atoms with van der Waals surface area (Å²) in [6, 6.07) is 0. The Bertz CT molecular complexity index is 1260. The Morgan fingerprint density at radius 1 is 0.673 bits per heavy atom. The Balaban J connectivity index is 0.892. The van der Waals surface area contributed by atoms with Gasteiger partial charge in [-0.1, -0.05) is 27.7 Å². The van der Waals surface area contributed by atoms with Crippen molar-refractivity contribution < 1.29 is 64.2 Å². The maximum absolute atomic E-state index is 11.2. The summed E-state index contributed by atoms with van der Waals surface area (Å²) in [4.78, 5) is 0. The summed E-state index contributed by atoms with van der Waals surface area (Å²) in [5.74, 6) is 3.63. The standard InChI is InChI=1S/C39H64O13/c1-18-7-12-39(47-17-18)19(2)28-25(52-39)14-24-22-6-5-20-13-21(8-10-37(20,3)23(22)9-11-38(24,28)4)48-35-33(46)31(44)34(27(16-41)50-35)51-36-32(45)30(43)29(42)26(15-40)49-36/h18-36,40-46H,5-17H2,1-4H3/t18-,19+,20+,21+,22-,23+,24+,25+,26-,27-,28+,29-,30+,31-,32-,33-,34+,35-,36+,37+,38+,39-/m1/s1. The van der Waals surface area contributed by atoms with Gasteiger partial charge in [0.05, 0.1) is 32.0 Å². The summed E-state index contributed by atoms with van der Waals surface area (Å²) in [5.41, 5.74) is 0.468. The van der Waals surface area contributed by atoms with Crippen LogP contribution in [0.5, 0.6) is 0 Å². The summed E-state index contributed by atoms with van der Waals surface area (Å²) in [5, 5.41) is 72.8. The zero-order chi connectivity index (χ0) is 36.9. The Morgan fingerprint density at radius 3 is 2.08 bits per heavy atom. The molecule has 7 N–H and O–H groups in total. The fourth-order valence-electron chi connectivity index (χ4n) is 13.2. The highest BCUT2D eigenvalue weighted by Crippen LogP contribution is 2.71. The number of rotatable bonds is 6. The van der Waals surface area contributed by atoms with E-state index in [1.165, 1.54) is 25.7 Å². The Kier molecular flexibility index (Phi) is 10.4. The largest absolute Gasteiger partial charge is 0.394 e. The first-order valence-electron chi connectivity index (χ1n) is 20.3. The molecule has 4 saturated heterocycles. The van der Waals surface area contributed by atoms with Crippen LogP contribution in [0, 0.1) is 52.3 Å². The van der Waals surface area contributed by atoms with E-state index in [4.69, 9.17) is 28.4 Å². The molecule has 1 spiro atoms. The van der Waals surface area contributed by atoms with Gasteiger partial charge in [-0.2, -0.15) is 0 Å². The van der Waals surface area contributed by atoms with Crippen LogP contribution in [0.15, 0.2) is 0 Å². The number of hydrogen-bond acceptors (Lipinski definition) is 13. The van der Waals surface area contributed by atoms with Crippen LogP contribution in [-0.4, -0.2) is 135 Å². The Morgan fingerprint density at radius 2 is 1.37 bits per heavy atom. The van der Waals surface area contributed by atoms with Crippen LogP contribution in [0.25, 0.3) is 0 Å². The molecule has 0 bridgehead atoms. The van der Waals surface area contributed by atoms with E-state index in [1.807, 2.05) is 0 Å². The number of aliphatic hydroxyl groups excluding tert-OH is 7. The van der Waals surface area contributed by atoms with Crippen LogP contribution in [0.3, 0.4) is 0 Å². The van der Waals surface area contributed by atoms with Gasteiger partial charge in [-0.25, -0.2) is 0 Å². The molecule has 22 atom stereocenters. The topological polar surface area (TPSA) is 197 Å². The fraction of sp³-hybridized carbons (Fsp3) is 1.00. The minimum Gasteiger partial charge on any atom is -0.394 e. The van der Waals surface area contributed by atoms with Gasteiger partial charge in [0.1, 0.15) is 48.8 Å². The van der Waals surface area contributed by atoms with Gasteiger partial charge in [0.25, 0.3) is 0 Å². The Hall–Kier alpha value is -0.520. The van der Waals surface area contributed by atoms with Gasteiger partial charge in [0.2, 0.25) is 0 Å². The molecule has 0 aromatic rings. The van der Waals surface area contributed by atoms with Gasteiger partial charge < -0.3 is 64.2 Å². The molecule has 0 aromatic carbocycles. The molecule has 0 unspecified atom stereocenters. The molecule has 13 nitrogen and oxygen atoms in total. The van der Waals surface area contributed by atoms with Crippen LogP contribution in [0.2, 0.25) is 0 Å². The Labute approximate surface area is 307 Å². The zero-order valence-corrected chi connectivity index (χ0v) is 31.2. The second kappa shape index (κ2) is 14.1. The van der Waals surface area contributed by atoms with Crippen LogP contribution in [0.4, 0.5) is 0 Å². The number of aliphatic hydroxyl groups is 7. The summed E-state index contributed by atoms with van der Waals surface area (Å²) in [7, 11) is 0. The summed E-state index contributed by atoms with van der Waals surface area (Å²) in [6.07, 6.45) is -3.66. The lowest BCUT2D eigenvalue weighted by atomic mass is 9.44. The lowest BCUT2D eigenvalue weighted by Gasteiger charge is -2.61. The molecule has 4 aliphatic carbocycles. The van der Waals surface area contributed by atoms with E-state index in [-0.39, 0.29) is 23.0 Å². The molecule has 0 amide bonds. The third-order valence-electron chi connectivity index (χ3n) is 16.2. The highest BCUT2D eigenvalue weighted by molar-refractivity contribution is 5.15. The molecule has 8 fully saturated rings. The van der Waals surface area contributed by atoms with E-state index < -0.39 is 80.4 Å². The molecule has 13 heteroatoms. The molecular weight excluding hydrogens is 676 g/mol. The summed E-state index contributed by atoms with van der Waals surface area (Å²) >= 11 is 0. The van der Waals surface area contributed by atoms with E-state index in [0.29, 0.717) is 41.4 Å². The first kappa shape index (κ1) is 38.4. The van der Waals surface area contributed by atoms with Crippen molar-refractivity contribution in [2.24, 2.45) is 52.3 Å². The van der Waals surface area contributed by atoms with Gasteiger partial charge >= 0.3 is 0 Å². The lowest BCUT2D eigenvalue weighted by Crippen LogP contribution is -2.65. The van der Waals surface area contributed by atoms with E-state index in [1.54, 1.807) is 0 Å². The van der Waals surface area contributed by atoms with Gasteiger partial charge in [-0.05, 0) is 104 Å². The maximum atomic E-state index is 11.2. The maximum Gasteiger partial charge on any atom is 0.187 e. The van der Waals surface area contributed by atoms with Crippen LogP contribution in [-0.2, 0) is 28.4 Å². The minimum absolute atomic E-state index is 0.188. The molecule has 4 heterocycles. The molecule has 8 aliphatic rings. The monoisotopic (exact) mass is 740 g/mol. The normalized spacial score (nSPS) is 59.0. The smallest absolute Gasteiger partial charge is 0.187 e. The number of ether oxygens (including phenoxy) is 6. The van der Waals surface area contributed by atoms with Crippen LogP contribution < -0.4 is 0 Å². The second-order valence-electron chi connectivity index (χ2n) is 18.7. The van der Waals surface area contributed by atoms with Crippen molar-refractivity contribution in [3.8, 4) is 0 Å². The highest BCUT2D eigenvalue weighted by atomic mass is 16.7. The van der Waals surface area contributed by atoms with Gasteiger partial charge in [0, 0.05) is 12.3 Å². The molecule has 0 aromatic heterocycles. The predicted molar refractivity (Wildman–Crippen MR) is 183 cm³/mol. The average Bonchev–Trinajstić information content (AvgIpc) is 3.58. The molecule has 4 saturated carbocycles. The molecule has 52 heavy (non-hydrogen) atoms.